The molecule has 1 rings (SSSR count). The van der Waals surface area contributed by atoms with Crippen LogP contribution in [0.15, 0.2) is 22.8 Å². The van der Waals surface area contributed by atoms with Gasteiger partial charge < -0.3 is 14.9 Å². The van der Waals surface area contributed by atoms with Crippen LogP contribution in [0.3, 0.4) is 0 Å². The Morgan fingerprint density at radius 3 is 2.87 bits per heavy atom. The lowest BCUT2D eigenvalue weighted by molar-refractivity contribution is 0.0669. The molecule has 0 bridgehead atoms. The van der Waals surface area contributed by atoms with Crippen LogP contribution in [0.25, 0.3) is 0 Å². The van der Waals surface area contributed by atoms with Crippen molar-refractivity contribution in [3.05, 3.63) is 24.2 Å². The van der Waals surface area contributed by atoms with Gasteiger partial charge in [0.2, 0.25) is 0 Å². The summed E-state index contributed by atoms with van der Waals surface area (Å²) in [5, 5.41) is 0. The van der Waals surface area contributed by atoms with E-state index in [9.17, 15) is 0 Å². The van der Waals surface area contributed by atoms with E-state index in [1.807, 2.05) is 12.1 Å². The van der Waals surface area contributed by atoms with Crippen LogP contribution in [0.2, 0.25) is 0 Å². The fourth-order valence-electron chi connectivity index (χ4n) is 1.46. The monoisotopic (exact) mass is 212 g/mol. The predicted molar refractivity (Wildman–Crippen MR) is 59.5 cm³/mol. The lowest BCUT2D eigenvalue weighted by Gasteiger charge is -2.23. The van der Waals surface area contributed by atoms with Gasteiger partial charge in [0.05, 0.1) is 18.9 Å². The van der Waals surface area contributed by atoms with Gasteiger partial charge in [-0.15, -0.1) is 0 Å². The molecular formula is C11H20N2O2. The number of rotatable bonds is 7. The Bertz CT molecular complexity index is 245. The molecular weight excluding hydrogens is 192 g/mol. The van der Waals surface area contributed by atoms with Crippen LogP contribution in [0.4, 0.5) is 0 Å². The second-order valence-electron chi connectivity index (χ2n) is 3.50. The van der Waals surface area contributed by atoms with E-state index >= 15 is 0 Å². The van der Waals surface area contributed by atoms with Crippen LogP contribution in [-0.2, 0) is 11.3 Å². The lowest BCUT2D eigenvalue weighted by atomic mass is 10.3. The zero-order chi connectivity index (χ0) is 11.1. The summed E-state index contributed by atoms with van der Waals surface area (Å²) < 4.78 is 10.6. The molecule has 1 aromatic heterocycles. The van der Waals surface area contributed by atoms with Gasteiger partial charge in [-0.05, 0) is 18.7 Å². The third-order valence-corrected chi connectivity index (χ3v) is 2.46. The number of nitrogens with zero attached hydrogens (tertiary/aromatic N) is 1. The number of nitrogens with two attached hydrogens (primary N) is 1. The Morgan fingerprint density at radius 1 is 1.60 bits per heavy atom. The molecule has 1 unspecified atom stereocenters. The van der Waals surface area contributed by atoms with Gasteiger partial charge in [0.1, 0.15) is 5.76 Å². The van der Waals surface area contributed by atoms with Crippen molar-refractivity contribution >= 4 is 0 Å². The molecule has 0 aromatic carbocycles. The van der Waals surface area contributed by atoms with E-state index in [4.69, 9.17) is 14.9 Å². The minimum Gasteiger partial charge on any atom is -0.468 e. The van der Waals surface area contributed by atoms with Gasteiger partial charge in [-0.25, -0.2) is 0 Å². The van der Waals surface area contributed by atoms with Crippen molar-refractivity contribution in [2.75, 3.05) is 26.7 Å². The number of ether oxygens (including phenoxy) is 1. The standard InChI is InChI=1S/C11H20N2O2/c1-3-13(9-11(7-12)14-2)8-10-5-4-6-15-10/h4-6,11H,3,7-9,12H2,1-2H3. The molecule has 0 amide bonds. The topological polar surface area (TPSA) is 51.6 Å². The third-order valence-electron chi connectivity index (χ3n) is 2.46. The number of methoxy groups -OCH3 is 1. The van der Waals surface area contributed by atoms with Crippen LogP contribution < -0.4 is 5.73 Å². The highest BCUT2D eigenvalue weighted by Gasteiger charge is 2.12. The van der Waals surface area contributed by atoms with E-state index in [-0.39, 0.29) is 6.10 Å². The summed E-state index contributed by atoms with van der Waals surface area (Å²) in [5.74, 6) is 0.976. The summed E-state index contributed by atoms with van der Waals surface area (Å²) in [6, 6.07) is 3.88. The van der Waals surface area contributed by atoms with Gasteiger partial charge in [0.15, 0.2) is 0 Å². The summed E-state index contributed by atoms with van der Waals surface area (Å²) in [7, 11) is 1.69. The minimum atomic E-state index is 0.0971. The summed E-state index contributed by atoms with van der Waals surface area (Å²) in [6.45, 7) is 5.27. The molecule has 0 aliphatic heterocycles. The Balaban J connectivity index is 2.42. The molecule has 1 atom stereocenters. The lowest BCUT2D eigenvalue weighted by Crippen LogP contribution is -2.37. The van der Waals surface area contributed by atoms with Crippen molar-refractivity contribution in [2.24, 2.45) is 5.73 Å². The van der Waals surface area contributed by atoms with Gasteiger partial charge in [-0.1, -0.05) is 6.92 Å². The first kappa shape index (κ1) is 12.2. The van der Waals surface area contributed by atoms with E-state index in [1.54, 1.807) is 13.4 Å². The summed E-state index contributed by atoms with van der Waals surface area (Å²) >= 11 is 0. The number of furan rings is 1. The van der Waals surface area contributed by atoms with Crippen LogP contribution in [0, 0.1) is 0 Å². The van der Waals surface area contributed by atoms with Crippen molar-refractivity contribution in [1.29, 1.82) is 0 Å². The first-order valence-electron chi connectivity index (χ1n) is 5.27. The van der Waals surface area contributed by atoms with Crippen LogP contribution >= 0.6 is 0 Å². The molecule has 4 nitrogen and oxygen atoms in total. The summed E-state index contributed by atoms with van der Waals surface area (Å²) in [4.78, 5) is 2.25. The van der Waals surface area contributed by atoms with Gasteiger partial charge in [0, 0.05) is 20.2 Å². The van der Waals surface area contributed by atoms with Crippen molar-refractivity contribution in [3.63, 3.8) is 0 Å². The molecule has 0 saturated carbocycles. The van der Waals surface area contributed by atoms with E-state index in [0.717, 1.165) is 25.4 Å². The van der Waals surface area contributed by atoms with E-state index in [1.165, 1.54) is 0 Å². The van der Waals surface area contributed by atoms with Gasteiger partial charge in [-0.3, -0.25) is 4.90 Å². The van der Waals surface area contributed by atoms with E-state index in [0.29, 0.717) is 6.54 Å². The first-order chi connectivity index (χ1) is 7.30. The van der Waals surface area contributed by atoms with Gasteiger partial charge >= 0.3 is 0 Å². The minimum absolute atomic E-state index is 0.0971. The molecule has 1 heterocycles. The first-order valence-corrected chi connectivity index (χ1v) is 5.27. The molecule has 0 saturated heterocycles. The zero-order valence-corrected chi connectivity index (χ0v) is 9.48. The maximum absolute atomic E-state index is 5.58. The van der Waals surface area contributed by atoms with Crippen molar-refractivity contribution in [3.8, 4) is 0 Å². The fourth-order valence-corrected chi connectivity index (χ4v) is 1.46. The van der Waals surface area contributed by atoms with Crippen LogP contribution in [0.5, 0.6) is 0 Å². The van der Waals surface area contributed by atoms with Crippen molar-refractivity contribution in [1.82, 2.24) is 4.90 Å². The second kappa shape index (κ2) is 6.61. The van der Waals surface area contributed by atoms with E-state index in [2.05, 4.69) is 11.8 Å². The molecule has 15 heavy (non-hydrogen) atoms. The Morgan fingerprint density at radius 2 is 2.40 bits per heavy atom. The predicted octanol–water partition coefficient (Wildman–Crippen LogP) is 1.08. The quantitative estimate of drug-likeness (QED) is 0.734. The second-order valence-corrected chi connectivity index (χ2v) is 3.50. The highest BCUT2D eigenvalue weighted by atomic mass is 16.5. The normalized spacial score (nSPS) is 13.3. The molecule has 0 spiro atoms. The average molecular weight is 212 g/mol. The van der Waals surface area contributed by atoms with Crippen molar-refractivity contribution < 1.29 is 9.15 Å². The molecule has 0 aliphatic carbocycles. The Labute approximate surface area is 91.0 Å². The Hall–Kier alpha value is -0.840. The highest BCUT2D eigenvalue weighted by Crippen LogP contribution is 2.06. The maximum atomic E-state index is 5.58. The summed E-state index contributed by atoms with van der Waals surface area (Å²) in [5.41, 5.74) is 5.58. The van der Waals surface area contributed by atoms with Gasteiger partial charge in [0.25, 0.3) is 0 Å². The van der Waals surface area contributed by atoms with Crippen molar-refractivity contribution in [2.45, 2.75) is 19.6 Å². The fraction of sp³-hybridized carbons (Fsp3) is 0.636. The molecule has 0 radical (unpaired) electrons. The Kier molecular flexibility index (Phi) is 5.39. The smallest absolute Gasteiger partial charge is 0.117 e. The average Bonchev–Trinajstić information content (AvgIpc) is 2.76. The molecule has 1 aromatic rings. The molecule has 2 N–H and O–H groups in total. The molecule has 0 aliphatic rings. The highest BCUT2D eigenvalue weighted by molar-refractivity contribution is 4.97. The number of hydrogen-bond acceptors (Lipinski definition) is 4. The SMILES string of the molecule is CCN(Cc1ccco1)CC(CN)OC. The largest absolute Gasteiger partial charge is 0.468 e. The molecule has 0 fully saturated rings. The number of likely N-dealkylation sites (N-methyl/N-ethyl adjacent to an activating group) is 1. The zero-order valence-electron chi connectivity index (χ0n) is 9.48. The molecule has 4 heteroatoms. The maximum Gasteiger partial charge on any atom is 0.117 e. The molecule has 86 valence electrons. The summed E-state index contributed by atoms with van der Waals surface area (Å²) in [6.07, 6.45) is 1.79. The number of hydrogen-bond donors (Lipinski definition) is 1. The van der Waals surface area contributed by atoms with Gasteiger partial charge in [-0.2, -0.15) is 0 Å². The third kappa shape index (κ3) is 4.03. The van der Waals surface area contributed by atoms with E-state index < -0.39 is 0 Å². The van der Waals surface area contributed by atoms with Crippen LogP contribution in [0.1, 0.15) is 12.7 Å². The van der Waals surface area contributed by atoms with Crippen LogP contribution in [-0.4, -0.2) is 37.7 Å².